The number of rotatable bonds is 5. The molecular weight excluding hydrogens is 408 g/mol. The van der Waals surface area contributed by atoms with Crippen LogP contribution in [-0.2, 0) is 12.8 Å². The molecule has 0 aromatic heterocycles. The van der Waals surface area contributed by atoms with Crippen molar-refractivity contribution in [1.29, 1.82) is 0 Å². The van der Waals surface area contributed by atoms with Crippen molar-refractivity contribution in [2.24, 2.45) is 0 Å². The van der Waals surface area contributed by atoms with Gasteiger partial charge in [-0.15, -0.1) is 0 Å². The molecule has 0 saturated carbocycles. The fraction of sp³-hybridized carbons (Fsp3) is 0.172. The molecule has 0 atom stereocenters. The van der Waals surface area contributed by atoms with Crippen LogP contribution >= 0.6 is 0 Å². The molecule has 4 aromatic rings. The highest BCUT2D eigenvalue weighted by molar-refractivity contribution is 5.67. The van der Waals surface area contributed by atoms with Crippen LogP contribution in [-0.4, -0.2) is 10.2 Å². The summed E-state index contributed by atoms with van der Waals surface area (Å²) in [6.45, 7) is 6.10. The zero-order chi connectivity index (χ0) is 23.7. The second-order valence-corrected chi connectivity index (χ2v) is 8.87. The second kappa shape index (κ2) is 8.91. The molecule has 0 aliphatic rings. The number of anilines is 2. The number of hydrogen-bond acceptors (Lipinski definition) is 4. The molecule has 0 bridgehead atoms. The molecule has 0 aliphatic heterocycles. The molecule has 0 aliphatic carbocycles. The van der Waals surface area contributed by atoms with E-state index in [9.17, 15) is 10.2 Å². The van der Waals surface area contributed by atoms with Crippen molar-refractivity contribution in [3.63, 3.8) is 0 Å². The summed E-state index contributed by atoms with van der Waals surface area (Å²) in [5.74, 6) is 0.467. The zero-order valence-electron chi connectivity index (χ0n) is 19.3. The van der Waals surface area contributed by atoms with E-state index in [1.807, 2.05) is 45.0 Å². The first-order valence-electron chi connectivity index (χ1n) is 11.1. The fourth-order valence-corrected chi connectivity index (χ4v) is 4.37. The van der Waals surface area contributed by atoms with Gasteiger partial charge in [-0.25, -0.2) is 0 Å². The first kappa shape index (κ1) is 22.3. The van der Waals surface area contributed by atoms with Crippen LogP contribution in [0.4, 0.5) is 11.4 Å². The summed E-state index contributed by atoms with van der Waals surface area (Å²) < 4.78 is 0. The molecule has 33 heavy (non-hydrogen) atoms. The van der Waals surface area contributed by atoms with E-state index in [-0.39, 0.29) is 11.5 Å². The summed E-state index contributed by atoms with van der Waals surface area (Å²) in [5, 5.41) is 20.1. The molecule has 0 heterocycles. The lowest BCUT2D eigenvalue weighted by Gasteiger charge is -2.15. The Morgan fingerprint density at radius 3 is 1.76 bits per heavy atom. The third-order valence-corrected chi connectivity index (χ3v) is 6.26. The van der Waals surface area contributed by atoms with Gasteiger partial charge in [-0.3, -0.25) is 0 Å². The Morgan fingerprint density at radius 1 is 0.576 bits per heavy atom. The van der Waals surface area contributed by atoms with Crippen LogP contribution in [0.2, 0.25) is 0 Å². The first-order valence-corrected chi connectivity index (χ1v) is 11.1. The first-order chi connectivity index (χ1) is 15.7. The van der Waals surface area contributed by atoms with Gasteiger partial charge in [0.05, 0.1) is 0 Å². The molecule has 4 aromatic carbocycles. The summed E-state index contributed by atoms with van der Waals surface area (Å²) >= 11 is 0. The fourth-order valence-electron chi connectivity index (χ4n) is 4.37. The van der Waals surface area contributed by atoms with Crippen LogP contribution in [0, 0.1) is 20.8 Å². The number of phenolic OH excluding ortho intramolecular Hbond substituents is 2. The van der Waals surface area contributed by atoms with Crippen molar-refractivity contribution in [3.8, 4) is 22.6 Å². The molecule has 4 heteroatoms. The van der Waals surface area contributed by atoms with E-state index in [2.05, 4.69) is 24.3 Å². The van der Waals surface area contributed by atoms with Gasteiger partial charge >= 0.3 is 0 Å². The maximum Gasteiger partial charge on any atom is 0.119 e. The lowest BCUT2D eigenvalue weighted by molar-refractivity contribution is 0.469. The largest absolute Gasteiger partial charge is 0.508 e. The summed E-state index contributed by atoms with van der Waals surface area (Å²) in [6, 6.07) is 21.2. The Labute approximate surface area is 195 Å². The molecule has 6 N–H and O–H groups in total. The molecule has 4 rings (SSSR count). The third-order valence-electron chi connectivity index (χ3n) is 6.26. The lowest BCUT2D eigenvalue weighted by atomic mass is 9.92. The number of aryl methyl sites for hydroxylation is 3. The van der Waals surface area contributed by atoms with E-state index >= 15 is 0 Å². The van der Waals surface area contributed by atoms with Gasteiger partial charge in [-0.2, -0.15) is 0 Å². The molecular formula is C29H30N2O2. The van der Waals surface area contributed by atoms with Gasteiger partial charge < -0.3 is 21.7 Å². The van der Waals surface area contributed by atoms with Gasteiger partial charge in [-0.05, 0) is 102 Å². The Morgan fingerprint density at radius 2 is 1.12 bits per heavy atom. The minimum Gasteiger partial charge on any atom is -0.508 e. The number of aromatic hydroxyl groups is 2. The van der Waals surface area contributed by atoms with Crippen molar-refractivity contribution in [3.05, 3.63) is 106 Å². The molecule has 0 amide bonds. The number of benzene rings is 4. The Kier molecular flexibility index (Phi) is 6.01. The number of nitrogens with two attached hydrogens (primary N) is 2. The van der Waals surface area contributed by atoms with E-state index in [1.165, 1.54) is 11.1 Å². The summed E-state index contributed by atoms with van der Waals surface area (Å²) in [4.78, 5) is 0. The number of phenols is 2. The highest BCUT2D eigenvalue weighted by atomic mass is 16.3. The highest BCUT2D eigenvalue weighted by Gasteiger charge is 2.12. The summed E-state index contributed by atoms with van der Waals surface area (Å²) in [5.41, 5.74) is 23.5. The number of nitrogen functional groups attached to an aromatic ring is 2. The minimum atomic E-state index is 0.226. The van der Waals surface area contributed by atoms with Gasteiger partial charge in [0, 0.05) is 17.8 Å². The average molecular weight is 439 g/mol. The predicted octanol–water partition coefficient (Wildman–Crippen LogP) is 6.04. The average Bonchev–Trinajstić information content (AvgIpc) is 2.77. The maximum atomic E-state index is 10.5. The summed E-state index contributed by atoms with van der Waals surface area (Å²) in [6.07, 6.45) is 1.31. The van der Waals surface area contributed by atoms with Crippen molar-refractivity contribution >= 4 is 11.4 Å². The van der Waals surface area contributed by atoms with Gasteiger partial charge in [0.15, 0.2) is 0 Å². The van der Waals surface area contributed by atoms with Gasteiger partial charge in [-0.1, -0.05) is 42.5 Å². The smallest absolute Gasteiger partial charge is 0.119 e. The van der Waals surface area contributed by atoms with Gasteiger partial charge in [0.2, 0.25) is 0 Å². The van der Waals surface area contributed by atoms with E-state index in [0.717, 1.165) is 56.7 Å². The molecule has 4 nitrogen and oxygen atoms in total. The van der Waals surface area contributed by atoms with Crippen LogP contribution in [0.5, 0.6) is 11.5 Å². The highest BCUT2D eigenvalue weighted by Crippen LogP contribution is 2.31. The van der Waals surface area contributed by atoms with E-state index in [4.69, 9.17) is 11.5 Å². The topological polar surface area (TPSA) is 92.5 Å². The monoisotopic (exact) mass is 438 g/mol. The lowest BCUT2D eigenvalue weighted by Crippen LogP contribution is -2.02. The van der Waals surface area contributed by atoms with Crippen LogP contribution in [0.25, 0.3) is 11.1 Å². The van der Waals surface area contributed by atoms with Crippen LogP contribution in [0.15, 0.2) is 66.7 Å². The molecule has 0 saturated heterocycles. The molecule has 0 spiro atoms. The van der Waals surface area contributed by atoms with Crippen LogP contribution < -0.4 is 11.5 Å². The summed E-state index contributed by atoms with van der Waals surface area (Å²) in [7, 11) is 0. The molecule has 168 valence electrons. The Hall–Kier alpha value is -3.92. The molecule has 0 fully saturated rings. The van der Waals surface area contributed by atoms with Gasteiger partial charge in [0.25, 0.3) is 0 Å². The molecule has 0 unspecified atom stereocenters. The van der Waals surface area contributed by atoms with E-state index < -0.39 is 0 Å². The van der Waals surface area contributed by atoms with Crippen molar-refractivity contribution < 1.29 is 10.2 Å². The SMILES string of the molecule is Cc1cc(Cc2cc(C)c(N)c(Cc3cc(-c4ccc(O)cc4)ccc3O)c2)cc(C)c1N. The van der Waals surface area contributed by atoms with Crippen molar-refractivity contribution in [2.45, 2.75) is 33.6 Å². The third kappa shape index (κ3) is 4.80. The molecule has 0 radical (unpaired) electrons. The van der Waals surface area contributed by atoms with Crippen molar-refractivity contribution in [2.75, 3.05) is 11.5 Å². The van der Waals surface area contributed by atoms with Crippen LogP contribution in [0.3, 0.4) is 0 Å². The zero-order valence-corrected chi connectivity index (χ0v) is 19.3. The predicted molar refractivity (Wildman–Crippen MR) is 137 cm³/mol. The van der Waals surface area contributed by atoms with E-state index in [0.29, 0.717) is 6.42 Å². The Bertz CT molecular complexity index is 1300. The van der Waals surface area contributed by atoms with Crippen molar-refractivity contribution in [1.82, 2.24) is 0 Å². The quantitative estimate of drug-likeness (QED) is 0.286. The maximum absolute atomic E-state index is 10.5. The standard InChI is InChI=1S/C29H30N2O2/c1-17-10-20(11-18(2)28(17)30)13-21-12-19(3)29(31)25(14-21)16-24-15-23(6-9-27(24)33)22-4-7-26(32)8-5-22/h4-12,14-15,32-33H,13,16,30-31H2,1-3H3. The van der Waals surface area contributed by atoms with E-state index in [1.54, 1.807) is 18.2 Å². The Balaban J connectivity index is 1.67. The normalized spacial score (nSPS) is 11.0. The van der Waals surface area contributed by atoms with Crippen LogP contribution in [0.1, 0.15) is 38.9 Å². The minimum absolute atomic E-state index is 0.226. The van der Waals surface area contributed by atoms with Gasteiger partial charge in [0.1, 0.15) is 11.5 Å². The number of hydrogen-bond donors (Lipinski definition) is 4. The second-order valence-electron chi connectivity index (χ2n) is 8.87.